The Morgan fingerprint density at radius 2 is 1.38 bits per heavy atom. The predicted octanol–water partition coefficient (Wildman–Crippen LogP) is 3.27. The van der Waals surface area contributed by atoms with E-state index in [9.17, 15) is 5.11 Å². The molecule has 0 aliphatic carbocycles. The first kappa shape index (κ1) is 16.5. The van der Waals surface area contributed by atoms with Crippen molar-refractivity contribution in [1.29, 1.82) is 0 Å². The lowest BCUT2D eigenvalue weighted by atomic mass is 10.1. The molecular weight excluding hydrogens is 324 g/mol. The van der Waals surface area contributed by atoms with Gasteiger partial charge in [0.1, 0.15) is 11.6 Å². The summed E-state index contributed by atoms with van der Waals surface area (Å²) in [5.41, 5.74) is 3.98. The number of benzene rings is 1. The van der Waals surface area contributed by atoms with Crippen molar-refractivity contribution in [2.24, 2.45) is 0 Å². The molecule has 26 heavy (non-hydrogen) atoms. The number of anilines is 1. The highest BCUT2D eigenvalue weighted by Gasteiger charge is 2.15. The van der Waals surface area contributed by atoms with Crippen LogP contribution in [0.15, 0.2) is 60.9 Å². The standard InChI is InChI=1S/C21H22N4O/c1-24-10-12-25(13-11-24)21-9-5-18(15-23-21)20-8-4-17(14-22-20)16-2-6-19(26)7-3-16/h2-9,14-15,26H,10-13H2,1H3. The maximum Gasteiger partial charge on any atom is 0.128 e. The smallest absolute Gasteiger partial charge is 0.128 e. The Morgan fingerprint density at radius 1 is 0.731 bits per heavy atom. The normalized spacial score (nSPS) is 15.2. The summed E-state index contributed by atoms with van der Waals surface area (Å²) in [5, 5.41) is 9.40. The summed E-state index contributed by atoms with van der Waals surface area (Å²) in [5.74, 6) is 1.30. The van der Waals surface area contributed by atoms with Crippen molar-refractivity contribution in [3.63, 3.8) is 0 Å². The minimum Gasteiger partial charge on any atom is -0.508 e. The molecule has 3 aromatic rings. The molecule has 0 atom stereocenters. The molecule has 2 aromatic heterocycles. The second-order valence-corrected chi connectivity index (χ2v) is 6.67. The summed E-state index contributed by atoms with van der Waals surface area (Å²) in [6.07, 6.45) is 3.76. The summed E-state index contributed by atoms with van der Waals surface area (Å²) in [7, 11) is 2.15. The second-order valence-electron chi connectivity index (χ2n) is 6.67. The minimum absolute atomic E-state index is 0.268. The number of hydrogen-bond donors (Lipinski definition) is 1. The zero-order valence-electron chi connectivity index (χ0n) is 14.8. The largest absolute Gasteiger partial charge is 0.508 e. The molecule has 3 heterocycles. The summed E-state index contributed by atoms with van der Waals surface area (Å²) in [4.78, 5) is 13.9. The zero-order chi connectivity index (χ0) is 17.9. The van der Waals surface area contributed by atoms with Gasteiger partial charge in [-0.15, -0.1) is 0 Å². The Morgan fingerprint density at radius 3 is 2.00 bits per heavy atom. The first-order chi connectivity index (χ1) is 12.7. The first-order valence-corrected chi connectivity index (χ1v) is 8.84. The topological polar surface area (TPSA) is 52.5 Å². The van der Waals surface area contributed by atoms with E-state index in [4.69, 9.17) is 0 Å². The lowest BCUT2D eigenvalue weighted by molar-refractivity contribution is 0.312. The summed E-state index contributed by atoms with van der Waals surface area (Å²) in [6, 6.07) is 15.4. The Bertz CT molecular complexity index is 852. The van der Waals surface area contributed by atoms with Gasteiger partial charge in [-0.1, -0.05) is 18.2 Å². The number of rotatable bonds is 3. The number of pyridine rings is 2. The number of hydrogen-bond acceptors (Lipinski definition) is 5. The van der Waals surface area contributed by atoms with Crippen LogP contribution in [-0.4, -0.2) is 53.2 Å². The van der Waals surface area contributed by atoms with Gasteiger partial charge in [0.2, 0.25) is 0 Å². The SMILES string of the molecule is CN1CCN(c2ccc(-c3ccc(-c4ccc(O)cc4)cn3)cn2)CC1. The van der Waals surface area contributed by atoms with E-state index in [-0.39, 0.29) is 5.75 Å². The van der Waals surface area contributed by atoms with Gasteiger partial charge in [-0.2, -0.15) is 0 Å². The Hall–Kier alpha value is -2.92. The van der Waals surface area contributed by atoms with Crippen LogP contribution in [0.1, 0.15) is 0 Å². The average molecular weight is 346 g/mol. The van der Waals surface area contributed by atoms with Crippen molar-refractivity contribution < 1.29 is 5.11 Å². The molecule has 0 spiro atoms. The number of piperazine rings is 1. The number of phenols is 1. The van der Waals surface area contributed by atoms with Gasteiger partial charge in [0.15, 0.2) is 0 Å². The summed E-state index contributed by atoms with van der Waals surface area (Å²) < 4.78 is 0. The van der Waals surface area contributed by atoms with E-state index in [2.05, 4.69) is 38.9 Å². The first-order valence-electron chi connectivity index (χ1n) is 8.84. The molecule has 132 valence electrons. The molecule has 0 bridgehead atoms. The van der Waals surface area contributed by atoms with Crippen molar-refractivity contribution in [2.45, 2.75) is 0 Å². The predicted molar refractivity (Wildman–Crippen MR) is 104 cm³/mol. The molecule has 1 aromatic carbocycles. The number of phenolic OH excluding ortho intramolecular Hbond substituents is 1. The molecular formula is C21H22N4O. The van der Waals surface area contributed by atoms with E-state index in [1.54, 1.807) is 12.1 Å². The van der Waals surface area contributed by atoms with Crippen molar-refractivity contribution in [2.75, 3.05) is 38.1 Å². The Balaban J connectivity index is 1.50. The van der Waals surface area contributed by atoms with Crippen LogP contribution in [0.3, 0.4) is 0 Å². The van der Waals surface area contributed by atoms with Crippen molar-refractivity contribution in [3.05, 3.63) is 60.9 Å². The van der Waals surface area contributed by atoms with E-state index in [0.29, 0.717) is 0 Å². The lowest BCUT2D eigenvalue weighted by Crippen LogP contribution is -2.44. The molecule has 0 radical (unpaired) electrons. The minimum atomic E-state index is 0.268. The van der Waals surface area contributed by atoms with Gasteiger partial charge in [0.25, 0.3) is 0 Å². The van der Waals surface area contributed by atoms with Crippen molar-refractivity contribution >= 4 is 5.82 Å². The Labute approximate surface area is 153 Å². The van der Waals surface area contributed by atoms with Crippen LogP contribution in [0.25, 0.3) is 22.4 Å². The highest BCUT2D eigenvalue weighted by Crippen LogP contribution is 2.24. The third kappa shape index (κ3) is 3.53. The van der Waals surface area contributed by atoms with Gasteiger partial charge in [-0.3, -0.25) is 4.98 Å². The quantitative estimate of drug-likeness (QED) is 0.789. The van der Waals surface area contributed by atoms with Crippen LogP contribution in [0.5, 0.6) is 5.75 Å². The van der Waals surface area contributed by atoms with Crippen LogP contribution in [0.2, 0.25) is 0 Å². The van der Waals surface area contributed by atoms with Gasteiger partial charge < -0.3 is 14.9 Å². The highest BCUT2D eigenvalue weighted by atomic mass is 16.3. The van der Waals surface area contributed by atoms with Gasteiger partial charge in [-0.25, -0.2) is 4.98 Å². The van der Waals surface area contributed by atoms with E-state index >= 15 is 0 Å². The van der Waals surface area contributed by atoms with Crippen molar-refractivity contribution in [1.82, 2.24) is 14.9 Å². The fourth-order valence-electron chi connectivity index (χ4n) is 3.15. The molecule has 0 unspecified atom stereocenters. The van der Waals surface area contributed by atoms with E-state index in [1.165, 1.54) is 0 Å². The molecule has 1 N–H and O–H groups in total. The Kier molecular flexibility index (Phi) is 4.54. The zero-order valence-corrected chi connectivity index (χ0v) is 14.8. The fourth-order valence-corrected chi connectivity index (χ4v) is 3.15. The fraction of sp³-hybridized carbons (Fsp3) is 0.238. The van der Waals surface area contributed by atoms with Crippen LogP contribution < -0.4 is 4.90 Å². The molecule has 1 saturated heterocycles. The summed E-state index contributed by atoms with van der Waals surface area (Å²) >= 11 is 0. The maximum atomic E-state index is 9.40. The highest BCUT2D eigenvalue weighted by molar-refractivity contribution is 5.67. The maximum absolute atomic E-state index is 9.40. The van der Waals surface area contributed by atoms with Gasteiger partial charge >= 0.3 is 0 Å². The third-order valence-electron chi connectivity index (χ3n) is 4.84. The molecule has 4 rings (SSSR count). The van der Waals surface area contributed by atoms with Gasteiger partial charge in [-0.05, 0) is 42.9 Å². The molecule has 1 fully saturated rings. The van der Waals surface area contributed by atoms with Crippen molar-refractivity contribution in [3.8, 4) is 28.1 Å². The van der Waals surface area contributed by atoms with E-state index < -0.39 is 0 Å². The average Bonchev–Trinajstić information content (AvgIpc) is 2.70. The molecule has 1 aliphatic rings. The second kappa shape index (κ2) is 7.14. The number of aromatic nitrogens is 2. The van der Waals surface area contributed by atoms with Crippen LogP contribution in [-0.2, 0) is 0 Å². The molecule has 0 saturated carbocycles. The molecule has 0 amide bonds. The van der Waals surface area contributed by atoms with Crippen LogP contribution >= 0.6 is 0 Å². The van der Waals surface area contributed by atoms with Crippen LogP contribution in [0.4, 0.5) is 5.82 Å². The van der Waals surface area contributed by atoms with Gasteiger partial charge in [0, 0.05) is 49.7 Å². The molecule has 5 nitrogen and oxygen atoms in total. The van der Waals surface area contributed by atoms with Gasteiger partial charge in [0.05, 0.1) is 5.69 Å². The third-order valence-corrected chi connectivity index (χ3v) is 4.84. The number of nitrogens with zero attached hydrogens (tertiary/aromatic N) is 4. The summed E-state index contributed by atoms with van der Waals surface area (Å²) in [6.45, 7) is 4.18. The van der Waals surface area contributed by atoms with Crippen LogP contribution in [0, 0.1) is 0 Å². The number of aromatic hydroxyl groups is 1. The molecule has 1 aliphatic heterocycles. The number of likely N-dealkylation sites (N-methyl/N-ethyl adjacent to an activating group) is 1. The van der Waals surface area contributed by atoms with E-state index in [0.717, 1.165) is 54.4 Å². The monoisotopic (exact) mass is 346 g/mol. The lowest BCUT2D eigenvalue weighted by Gasteiger charge is -2.33. The van der Waals surface area contributed by atoms with E-state index in [1.807, 2.05) is 36.7 Å². The molecule has 5 heteroatoms.